The van der Waals surface area contributed by atoms with Gasteiger partial charge in [-0.05, 0) is 27.2 Å². The van der Waals surface area contributed by atoms with E-state index in [1.54, 1.807) is 13.8 Å². The molecule has 2 unspecified atom stereocenters. The van der Waals surface area contributed by atoms with Gasteiger partial charge in [0, 0.05) is 20.1 Å². The van der Waals surface area contributed by atoms with Crippen molar-refractivity contribution in [2.24, 2.45) is 0 Å². The van der Waals surface area contributed by atoms with Crippen molar-refractivity contribution >= 4 is 0 Å². The van der Waals surface area contributed by atoms with Crippen molar-refractivity contribution in [3.8, 4) is 11.4 Å². The number of hydrogen-bond acceptors (Lipinski definition) is 5. The molecule has 1 radical (unpaired) electrons. The molecule has 0 aliphatic rings. The van der Waals surface area contributed by atoms with E-state index in [2.05, 4.69) is 21.0 Å². The fraction of sp³-hybridized carbons (Fsp3) is 0.400. The average molecular weight is 467 g/mol. The summed E-state index contributed by atoms with van der Waals surface area (Å²) in [6.07, 6.45) is 1.23. The van der Waals surface area contributed by atoms with Gasteiger partial charge in [0.1, 0.15) is 12.2 Å². The monoisotopic (exact) mass is 467 g/mol. The molecule has 6 heteroatoms. The normalized spacial score (nSPS) is 12.4. The predicted octanol–water partition coefficient (Wildman–Crippen LogP) is 1.78. The molecule has 1 aromatic carbocycles. The van der Waals surface area contributed by atoms with Crippen LogP contribution in [-0.4, -0.2) is 37.4 Å². The number of rotatable bonds is 3. The molecule has 117 valence electrons. The molecule has 2 atom stereocenters. The van der Waals surface area contributed by atoms with Crippen LogP contribution in [0.1, 0.15) is 26.1 Å². The minimum absolute atomic E-state index is 0. The predicted molar refractivity (Wildman–Crippen MR) is 76.8 cm³/mol. The van der Waals surface area contributed by atoms with Crippen molar-refractivity contribution in [2.45, 2.75) is 39.4 Å². The van der Waals surface area contributed by atoms with Gasteiger partial charge < -0.3 is 10.2 Å². The summed E-state index contributed by atoms with van der Waals surface area (Å²) in [7, 11) is 0. The summed E-state index contributed by atoms with van der Waals surface area (Å²) in [5.41, 5.74) is 0.896. The van der Waals surface area contributed by atoms with Crippen LogP contribution in [0.15, 0.2) is 30.6 Å². The van der Waals surface area contributed by atoms with Crippen LogP contribution in [0.25, 0.3) is 11.4 Å². The molecule has 0 saturated carbocycles. The van der Waals surface area contributed by atoms with Gasteiger partial charge in [0.05, 0.1) is 18.0 Å². The van der Waals surface area contributed by atoms with Crippen LogP contribution in [0.3, 0.4) is 0 Å². The molecule has 0 aliphatic heterocycles. The molecule has 1 heterocycles. The Hall–Kier alpha value is -1.20. The van der Waals surface area contributed by atoms with Crippen molar-refractivity contribution in [1.29, 1.82) is 0 Å². The maximum Gasteiger partial charge on any atom is 0.119 e. The van der Waals surface area contributed by atoms with Gasteiger partial charge in [0.2, 0.25) is 0 Å². The number of aliphatic hydroxyl groups is 2. The van der Waals surface area contributed by atoms with Gasteiger partial charge in [-0.15, -0.1) is 35.9 Å². The third-order valence-electron chi connectivity index (χ3n) is 2.32. The summed E-state index contributed by atoms with van der Waals surface area (Å²) in [6, 6.07) is 10.7. The summed E-state index contributed by atoms with van der Waals surface area (Å²) < 4.78 is 0. The molecule has 0 saturated heterocycles. The molecule has 2 N–H and O–H groups in total. The van der Waals surface area contributed by atoms with Crippen molar-refractivity contribution in [1.82, 2.24) is 15.0 Å². The SMILES string of the molecule is CC(O)CC(C)O.Cc1ncnc(-c2[c-]cccc2)n1.[Ir]. The first kappa shape index (κ1) is 19.8. The number of hydrogen-bond donors (Lipinski definition) is 2. The molecule has 0 fully saturated rings. The molecule has 5 nitrogen and oxygen atoms in total. The second kappa shape index (κ2) is 10.5. The van der Waals surface area contributed by atoms with Gasteiger partial charge in [-0.1, -0.05) is 0 Å². The quantitative estimate of drug-likeness (QED) is 0.675. The minimum Gasteiger partial charge on any atom is -0.393 e. The van der Waals surface area contributed by atoms with E-state index >= 15 is 0 Å². The smallest absolute Gasteiger partial charge is 0.119 e. The minimum atomic E-state index is -0.375. The Morgan fingerprint density at radius 3 is 2.24 bits per heavy atom. The van der Waals surface area contributed by atoms with Crippen LogP contribution in [0.2, 0.25) is 0 Å². The molecular weight excluding hydrogens is 446 g/mol. The van der Waals surface area contributed by atoms with Crippen LogP contribution in [0.4, 0.5) is 0 Å². The van der Waals surface area contributed by atoms with Crippen molar-refractivity contribution in [3.63, 3.8) is 0 Å². The largest absolute Gasteiger partial charge is 0.393 e. The van der Waals surface area contributed by atoms with Gasteiger partial charge in [-0.25, -0.2) is 4.98 Å². The number of benzene rings is 1. The average Bonchev–Trinajstić information content (AvgIpc) is 2.39. The fourth-order valence-electron chi connectivity index (χ4n) is 1.53. The van der Waals surface area contributed by atoms with E-state index in [0.29, 0.717) is 12.2 Å². The van der Waals surface area contributed by atoms with Gasteiger partial charge in [-0.3, -0.25) is 9.97 Å². The molecule has 0 spiro atoms. The number of nitrogens with zero attached hydrogens (tertiary/aromatic N) is 3. The fourth-order valence-corrected chi connectivity index (χ4v) is 1.53. The van der Waals surface area contributed by atoms with E-state index in [1.807, 2.05) is 31.2 Å². The Bertz CT molecular complexity index is 501. The van der Waals surface area contributed by atoms with Gasteiger partial charge in [-0.2, -0.15) is 0 Å². The molecule has 1 aromatic heterocycles. The molecule has 21 heavy (non-hydrogen) atoms. The zero-order valence-electron chi connectivity index (χ0n) is 12.3. The van der Waals surface area contributed by atoms with Crippen molar-refractivity contribution < 1.29 is 30.3 Å². The first-order valence-corrected chi connectivity index (χ1v) is 6.48. The van der Waals surface area contributed by atoms with E-state index < -0.39 is 0 Å². The first-order valence-electron chi connectivity index (χ1n) is 6.48. The van der Waals surface area contributed by atoms with E-state index in [0.717, 1.165) is 11.4 Å². The summed E-state index contributed by atoms with van der Waals surface area (Å²) in [5, 5.41) is 17.1. The van der Waals surface area contributed by atoms with Gasteiger partial charge in [0.15, 0.2) is 0 Å². The standard InChI is InChI=1S/C10H8N3.C5H12O2.Ir/c1-8-11-7-12-10(13-8)9-5-3-2-4-6-9;1-4(6)3-5(2)7;/h2-5,7H,1H3;4-7H,3H2,1-2H3;/q-1;;. The number of aryl methyl sites for hydroxylation is 1. The zero-order valence-corrected chi connectivity index (χ0v) is 14.7. The number of aliphatic hydroxyl groups excluding tert-OH is 2. The van der Waals surface area contributed by atoms with Gasteiger partial charge >= 0.3 is 0 Å². The van der Waals surface area contributed by atoms with Crippen molar-refractivity contribution in [3.05, 3.63) is 42.5 Å². The van der Waals surface area contributed by atoms with E-state index in [9.17, 15) is 0 Å². The van der Waals surface area contributed by atoms with E-state index in [4.69, 9.17) is 10.2 Å². The van der Waals surface area contributed by atoms with Crippen LogP contribution in [0, 0.1) is 13.0 Å². The van der Waals surface area contributed by atoms with E-state index in [-0.39, 0.29) is 32.3 Å². The van der Waals surface area contributed by atoms with Crippen LogP contribution < -0.4 is 0 Å². The molecule has 0 bridgehead atoms. The number of aromatic nitrogens is 3. The summed E-state index contributed by atoms with van der Waals surface area (Å²) in [4.78, 5) is 12.2. The summed E-state index contributed by atoms with van der Waals surface area (Å²) in [5.74, 6) is 1.40. The topological polar surface area (TPSA) is 79.1 Å². The zero-order chi connectivity index (χ0) is 15.0. The van der Waals surface area contributed by atoms with E-state index in [1.165, 1.54) is 6.33 Å². The third-order valence-corrected chi connectivity index (χ3v) is 2.32. The summed E-state index contributed by atoms with van der Waals surface area (Å²) in [6.45, 7) is 5.16. The molecule has 0 aliphatic carbocycles. The van der Waals surface area contributed by atoms with Crippen LogP contribution in [0.5, 0.6) is 0 Å². The Balaban J connectivity index is 0.000000436. The summed E-state index contributed by atoms with van der Waals surface area (Å²) >= 11 is 0. The molecule has 0 amide bonds. The third kappa shape index (κ3) is 8.63. The molecule has 2 rings (SSSR count). The van der Waals surface area contributed by atoms with Gasteiger partial charge in [0.25, 0.3) is 0 Å². The maximum atomic E-state index is 8.56. The Morgan fingerprint density at radius 1 is 1.14 bits per heavy atom. The Morgan fingerprint density at radius 2 is 1.81 bits per heavy atom. The second-order valence-corrected chi connectivity index (χ2v) is 4.57. The van der Waals surface area contributed by atoms with Crippen LogP contribution >= 0.6 is 0 Å². The molecular formula is C15H20IrN3O2-. The van der Waals surface area contributed by atoms with Crippen molar-refractivity contribution in [2.75, 3.05) is 0 Å². The Kier molecular flexibility index (Phi) is 9.91. The first-order chi connectivity index (χ1) is 9.49. The molecule has 2 aromatic rings. The van der Waals surface area contributed by atoms with Crippen LogP contribution in [-0.2, 0) is 20.1 Å². The Labute approximate surface area is 138 Å². The second-order valence-electron chi connectivity index (χ2n) is 4.57. The maximum absolute atomic E-state index is 8.56.